The van der Waals surface area contributed by atoms with Gasteiger partial charge in [-0.05, 0) is 43.1 Å². The molecule has 1 atom stereocenters. The number of carbonyl (C=O) groups excluding carboxylic acids is 2. The van der Waals surface area contributed by atoms with Gasteiger partial charge in [0, 0.05) is 23.5 Å². The van der Waals surface area contributed by atoms with E-state index in [9.17, 15) is 9.59 Å². The van der Waals surface area contributed by atoms with Crippen LogP contribution < -0.4 is 0 Å². The molecule has 126 valence electrons. The topological polar surface area (TPSA) is 34.1 Å². The van der Waals surface area contributed by atoms with E-state index in [-0.39, 0.29) is 22.9 Å². The van der Waals surface area contributed by atoms with Crippen LogP contribution >= 0.6 is 0 Å². The highest BCUT2D eigenvalue weighted by atomic mass is 16.1. The van der Waals surface area contributed by atoms with Crippen molar-refractivity contribution in [1.29, 1.82) is 0 Å². The summed E-state index contributed by atoms with van der Waals surface area (Å²) < 4.78 is 0. The lowest BCUT2D eigenvalue weighted by Crippen LogP contribution is -2.24. The quantitative estimate of drug-likeness (QED) is 0.638. The minimum Gasteiger partial charge on any atom is -0.294 e. The number of Topliss-reactive ketones (excluding diaryl/α,β-unsaturated/α-hetero) is 2. The number of hydrogen-bond acceptors (Lipinski definition) is 2. The number of rotatable bonds is 6. The molecule has 0 aromatic heterocycles. The van der Waals surface area contributed by atoms with Crippen LogP contribution in [-0.2, 0) is 6.42 Å². The second-order valence-electron chi connectivity index (χ2n) is 8.06. The Hall–Kier alpha value is -1.44. The van der Waals surface area contributed by atoms with Crippen LogP contribution in [0, 0.1) is 11.3 Å². The zero-order valence-electron chi connectivity index (χ0n) is 15.1. The van der Waals surface area contributed by atoms with Gasteiger partial charge in [0.1, 0.15) is 0 Å². The van der Waals surface area contributed by atoms with Crippen LogP contribution in [-0.4, -0.2) is 11.6 Å². The number of fused-ring (bicyclic) bond motifs is 1. The number of hydrogen-bond donors (Lipinski definition) is 0. The first kappa shape index (κ1) is 17.9. The van der Waals surface area contributed by atoms with Gasteiger partial charge in [-0.3, -0.25) is 9.59 Å². The fourth-order valence-electron chi connectivity index (χ4n) is 3.56. The summed E-state index contributed by atoms with van der Waals surface area (Å²) in [6.45, 7) is 8.73. The SMILES string of the molecule is CCCC1CCc2c(C(=O)CCCC(C)(C)C)cccc2C1=O. The van der Waals surface area contributed by atoms with Crippen molar-refractivity contribution in [3.63, 3.8) is 0 Å². The maximum Gasteiger partial charge on any atom is 0.166 e. The second kappa shape index (κ2) is 7.42. The molecule has 1 aliphatic carbocycles. The van der Waals surface area contributed by atoms with Crippen LogP contribution in [0.1, 0.15) is 92.5 Å². The number of benzene rings is 1. The van der Waals surface area contributed by atoms with Crippen LogP contribution in [0.5, 0.6) is 0 Å². The fraction of sp³-hybridized carbons (Fsp3) is 0.619. The molecule has 0 spiro atoms. The summed E-state index contributed by atoms with van der Waals surface area (Å²) in [5, 5.41) is 0. The molecule has 23 heavy (non-hydrogen) atoms. The summed E-state index contributed by atoms with van der Waals surface area (Å²) >= 11 is 0. The molecule has 2 heteroatoms. The smallest absolute Gasteiger partial charge is 0.166 e. The molecule has 0 N–H and O–H groups in total. The largest absolute Gasteiger partial charge is 0.294 e. The molecule has 0 aliphatic heterocycles. The summed E-state index contributed by atoms with van der Waals surface area (Å²) in [5.74, 6) is 0.601. The van der Waals surface area contributed by atoms with Crippen LogP contribution in [0.15, 0.2) is 18.2 Å². The highest BCUT2D eigenvalue weighted by Crippen LogP contribution is 2.31. The highest BCUT2D eigenvalue weighted by Gasteiger charge is 2.29. The molecule has 1 aromatic rings. The molecule has 0 amide bonds. The third kappa shape index (κ3) is 4.53. The van der Waals surface area contributed by atoms with Gasteiger partial charge in [-0.15, -0.1) is 0 Å². The van der Waals surface area contributed by atoms with Crippen molar-refractivity contribution in [3.8, 4) is 0 Å². The molecule has 1 unspecified atom stereocenters. The van der Waals surface area contributed by atoms with E-state index in [1.54, 1.807) is 0 Å². The Morgan fingerprint density at radius 2 is 2.00 bits per heavy atom. The van der Waals surface area contributed by atoms with E-state index in [1.807, 2.05) is 18.2 Å². The van der Waals surface area contributed by atoms with Gasteiger partial charge in [0.15, 0.2) is 11.6 Å². The lowest BCUT2D eigenvalue weighted by atomic mass is 9.78. The predicted octanol–water partition coefficient (Wildman–Crippen LogP) is 5.63. The summed E-state index contributed by atoms with van der Waals surface area (Å²) in [4.78, 5) is 25.2. The predicted molar refractivity (Wildman–Crippen MR) is 95.1 cm³/mol. The number of ketones is 2. The molecule has 1 aliphatic rings. The van der Waals surface area contributed by atoms with E-state index in [4.69, 9.17) is 0 Å². The van der Waals surface area contributed by atoms with Gasteiger partial charge >= 0.3 is 0 Å². The normalized spacial score (nSPS) is 17.9. The van der Waals surface area contributed by atoms with Crippen molar-refractivity contribution in [2.45, 2.75) is 72.6 Å². The van der Waals surface area contributed by atoms with Gasteiger partial charge < -0.3 is 0 Å². The molecular formula is C21H30O2. The molecule has 0 saturated carbocycles. The molecule has 0 saturated heterocycles. The van der Waals surface area contributed by atoms with E-state index in [2.05, 4.69) is 27.7 Å². The first-order chi connectivity index (χ1) is 10.8. The molecule has 0 fully saturated rings. The van der Waals surface area contributed by atoms with Crippen LogP contribution in [0.4, 0.5) is 0 Å². The van der Waals surface area contributed by atoms with E-state index >= 15 is 0 Å². The Balaban J connectivity index is 2.13. The first-order valence-corrected chi connectivity index (χ1v) is 9.03. The first-order valence-electron chi connectivity index (χ1n) is 9.03. The molecular weight excluding hydrogens is 284 g/mol. The Bertz CT molecular complexity index is 578. The van der Waals surface area contributed by atoms with Gasteiger partial charge in [-0.1, -0.05) is 52.3 Å². The zero-order chi connectivity index (χ0) is 17.0. The zero-order valence-corrected chi connectivity index (χ0v) is 15.1. The maximum absolute atomic E-state index is 12.6. The van der Waals surface area contributed by atoms with Crippen molar-refractivity contribution in [3.05, 3.63) is 34.9 Å². The summed E-state index contributed by atoms with van der Waals surface area (Å²) in [7, 11) is 0. The number of carbonyl (C=O) groups is 2. The highest BCUT2D eigenvalue weighted by molar-refractivity contribution is 6.05. The minimum absolute atomic E-state index is 0.152. The molecule has 0 radical (unpaired) electrons. The van der Waals surface area contributed by atoms with Crippen molar-refractivity contribution in [2.75, 3.05) is 0 Å². The Kier molecular flexibility index (Phi) is 5.78. The summed E-state index contributed by atoms with van der Waals surface area (Å²) in [6, 6.07) is 5.69. The van der Waals surface area contributed by atoms with E-state index < -0.39 is 0 Å². The molecule has 0 heterocycles. The van der Waals surface area contributed by atoms with Crippen molar-refractivity contribution in [1.82, 2.24) is 0 Å². The van der Waals surface area contributed by atoms with Gasteiger partial charge in [0.25, 0.3) is 0 Å². The summed E-state index contributed by atoms with van der Waals surface area (Å²) in [5.41, 5.74) is 2.86. The lowest BCUT2D eigenvalue weighted by molar-refractivity contribution is 0.0893. The van der Waals surface area contributed by atoms with Crippen LogP contribution in [0.3, 0.4) is 0 Å². The van der Waals surface area contributed by atoms with Gasteiger partial charge in [0.2, 0.25) is 0 Å². The molecule has 2 rings (SSSR count). The van der Waals surface area contributed by atoms with Crippen molar-refractivity contribution >= 4 is 11.6 Å². The Labute approximate surface area is 140 Å². The van der Waals surface area contributed by atoms with E-state index in [0.717, 1.165) is 55.2 Å². The standard InChI is InChI=1S/C21H30O2/c1-5-8-15-12-13-16-17(9-6-10-18(16)20(15)23)19(22)11-7-14-21(2,3)4/h6,9-10,15H,5,7-8,11-14H2,1-4H3. The third-order valence-corrected chi connectivity index (χ3v) is 4.82. The average molecular weight is 314 g/mol. The average Bonchev–Trinajstić information content (AvgIpc) is 2.48. The van der Waals surface area contributed by atoms with Crippen LogP contribution in [0.2, 0.25) is 0 Å². The fourth-order valence-corrected chi connectivity index (χ4v) is 3.56. The second-order valence-corrected chi connectivity index (χ2v) is 8.06. The summed E-state index contributed by atoms with van der Waals surface area (Å²) in [6.07, 6.45) is 6.31. The molecule has 0 bridgehead atoms. The van der Waals surface area contributed by atoms with Gasteiger partial charge in [0.05, 0.1) is 0 Å². The minimum atomic E-state index is 0.152. The van der Waals surface area contributed by atoms with Gasteiger partial charge in [-0.25, -0.2) is 0 Å². The molecule has 1 aromatic carbocycles. The monoisotopic (exact) mass is 314 g/mol. The lowest BCUT2D eigenvalue weighted by Gasteiger charge is -2.25. The van der Waals surface area contributed by atoms with E-state index in [1.165, 1.54) is 0 Å². The Morgan fingerprint density at radius 1 is 1.26 bits per heavy atom. The molecule has 2 nitrogen and oxygen atoms in total. The van der Waals surface area contributed by atoms with E-state index in [0.29, 0.717) is 6.42 Å². The third-order valence-electron chi connectivity index (χ3n) is 4.82. The van der Waals surface area contributed by atoms with Crippen molar-refractivity contribution < 1.29 is 9.59 Å². The van der Waals surface area contributed by atoms with Gasteiger partial charge in [-0.2, -0.15) is 0 Å². The Morgan fingerprint density at radius 3 is 2.65 bits per heavy atom. The maximum atomic E-state index is 12.6. The van der Waals surface area contributed by atoms with Crippen molar-refractivity contribution in [2.24, 2.45) is 11.3 Å². The van der Waals surface area contributed by atoms with Crippen LogP contribution in [0.25, 0.3) is 0 Å².